The van der Waals surface area contributed by atoms with Gasteiger partial charge in [0.15, 0.2) is 0 Å². The molecule has 0 aliphatic heterocycles. The predicted octanol–water partition coefficient (Wildman–Crippen LogP) is 19.4. The number of hydrogen-bond acceptors (Lipinski definition) is 2. The van der Waals surface area contributed by atoms with Crippen LogP contribution in [0.15, 0.2) is 0 Å². The largest absolute Gasteiger partial charge is 0.355 e. The van der Waals surface area contributed by atoms with Gasteiger partial charge in [0.05, 0.1) is 0 Å². The molecule has 0 unspecified atom stereocenters. The summed E-state index contributed by atoms with van der Waals surface area (Å²) < 4.78 is 0. The van der Waals surface area contributed by atoms with Crippen LogP contribution in [0.3, 0.4) is 0 Å². The Morgan fingerprint density at radius 3 is 0.597 bits per heavy atom. The van der Waals surface area contributed by atoms with Gasteiger partial charge in [0.25, 0.3) is 0 Å². The van der Waals surface area contributed by atoms with Gasteiger partial charge in [-0.2, -0.15) is 0 Å². The number of unbranched alkanes of at least 4 members (excludes halogenated alkanes) is 46. The minimum atomic E-state index is -0.534. The number of carbonyl (C=O) groups excluding carboxylic acids is 2. The molecule has 370 valence electrons. The molecule has 4 heteroatoms. The standard InChI is InChI=1S/C58H116N2O2/c1-4-7-10-13-16-19-22-25-28-31-32-35-38-41-44-47-50-53-56(57(61)59-54-51-48-45-42-39-36-33-29-26-23-20-17-14-11-8-5-2)58(62)60-55-52-49-46-43-40-37-34-30-27-24-21-18-15-12-9-6-3/h56H,4-55H2,1-3H3,(H,59,61)(H,60,62). The summed E-state index contributed by atoms with van der Waals surface area (Å²) in [5.41, 5.74) is 0. The van der Waals surface area contributed by atoms with Gasteiger partial charge in [-0.05, 0) is 19.3 Å². The monoisotopic (exact) mass is 873 g/mol. The van der Waals surface area contributed by atoms with E-state index in [4.69, 9.17) is 0 Å². The van der Waals surface area contributed by atoms with Crippen LogP contribution < -0.4 is 10.6 Å². The first-order valence-electron chi connectivity index (χ1n) is 29.2. The van der Waals surface area contributed by atoms with Crippen molar-refractivity contribution < 1.29 is 9.59 Å². The first-order chi connectivity index (χ1) is 30.7. The third kappa shape index (κ3) is 48.4. The van der Waals surface area contributed by atoms with Crippen LogP contribution in [0.1, 0.15) is 342 Å². The minimum Gasteiger partial charge on any atom is -0.355 e. The summed E-state index contributed by atoms with van der Waals surface area (Å²) in [6.07, 6.45) is 66.9. The van der Waals surface area contributed by atoms with Gasteiger partial charge >= 0.3 is 0 Å². The van der Waals surface area contributed by atoms with Gasteiger partial charge in [-0.15, -0.1) is 0 Å². The second-order valence-electron chi connectivity index (χ2n) is 20.2. The van der Waals surface area contributed by atoms with Crippen LogP contribution in [-0.4, -0.2) is 24.9 Å². The number of nitrogens with one attached hydrogen (secondary N) is 2. The van der Waals surface area contributed by atoms with Crippen molar-refractivity contribution in [3.63, 3.8) is 0 Å². The van der Waals surface area contributed by atoms with Crippen molar-refractivity contribution in [3.8, 4) is 0 Å². The minimum absolute atomic E-state index is 0.0353. The summed E-state index contributed by atoms with van der Waals surface area (Å²) in [7, 11) is 0. The number of carbonyl (C=O) groups is 2. The molecular weight excluding hydrogens is 757 g/mol. The van der Waals surface area contributed by atoms with Crippen LogP contribution in [0, 0.1) is 5.92 Å². The van der Waals surface area contributed by atoms with Crippen LogP contribution in [0.4, 0.5) is 0 Å². The van der Waals surface area contributed by atoms with Crippen LogP contribution >= 0.6 is 0 Å². The zero-order valence-corrected chi connectivity index (χ0v) is 43.2. The average Bonchev–Trinajstić information content (AvgIpc) is 3.28. The molecule has 0 aromatic carbocycles. The van der Waals surface area contributed by atoms with Crippen molar-refractivity contribution in [2.75, 3.05) is 13.1 Å². The Morgan fingerprint density at radius 2 is 0.403 bits per heavy atom. The van der Waals surface area contributed by atoms with Gasteiger partial charge in [-0.3, -0.25) is 9.59 Å². The summed E-state index contributed by atoms with van der Waals surface area (Å²) in [4.78, 5) is 26.7. The van der Waals surface area contributed by atoms with E-state index in [1.807, 2.05) is 0 Å². The third-order valence-corrected chi connectivity index (χ3v) is 13.9. The maximum atomic E-state index is 13.4. The van der Waals surface area contributed by atoms with E-state index in [1.165, 1.54) is 289 Å². The van der Waals surface area contributed by atoms with Crippen LogP contribution in [0.2, 0.25) is 0 Å². The van der Waals surface area contributed by atoms with E-state index < -0.39 is 5.92 Å². The molecule has 62 heavy (non-hydrogen) atoms. The lowest BCUT2D eigenvalue weighted by Gasteiger charge is -2.17. The smallest absolute Gasteiger partial charge is 0.232 e. The summed E-state index contributed by atoms with van der Waals surface area (Å²) in [5, 5.41) is 6.36. The zero-order chi connectivity index (χ0) is 44.9. The summed E-state index contributed by atoms with van der Waals surface area (Å²) in [6, 6.07) is 0. The quantitative estimate of drug-likeness (QED) is 0.0472. The fourth-order valence-corrected chi connectivity index (χ4v) is 9.47. The molecule has 2 N–H and O–H groups in total. The molecule has 0 aliphatic rings. The van der Waals surface area contributed by atoms with Crippen LogP contribution in [0.25, 0.3) is 0 Å². The van der Waals surface area contributed by atoms with Gasteiger partial charge in [0.2, 0.25) is 11.8 Å². The van der Waals surface area contributed by atoms with Gasteiger partial charge < -0.3 is 10.6 Å². The van der Waals surface area contributed by atoms with Crippen LogP contribution in [0.5, 0.6) is 0 Å². The second kappa shape index (κ2) is 54.3. The topological polar surface area (TPSA) is 58.2 Å². The molecule has 0 saturated carbocycles. The van der Waals surface area contributed by atoms with E-state index in [0.29, 0.717) is 19.5 Å². The molecule has 0 radical (unpaired) electrons. The molecule has 0 aromatic heterocycles. The predicted molar refractivity (Wildman–Crippen MR) is 277 cm³/mol. The van der Waals surface area contributed by atoms with Crippen molar-refractivity contribution in [2.45, 2.75) is 342 Å². The first kappa shape index (κ1) is 60.9. The lowest BCUT2D eigenvalue weighted by molar-refractivity contribution is -0.135. The Balaban J connectivity index is 4.20. The maximum absolute atomic E-state index is 13.4. The highest BCUT2D eigenvalue weighted by Gasteiger charge is 2.25. The van der Waals surface area contributed by atoms with Crippen molar-refractivity contribution >= 4 is 11.8 Å². The molecular formula is C58H116N2O2. The Bertz CT molecular complexity index is 810. The van der Waals surface area contributed by atoms with Crippen LogP contribution in [-0.2, 0) is 9.59 Å². The lowest BCUT2D eigenvalue weighted by atomic mass is 9.97. The van der Waals surface area contributed by atoms with Crippen molar-refractivity contribution in [1.82, 2.24) is 10.6 Å². The first-order valence-corrected chi connectivity index (χ1v) is 29.2. The summed E-state index contributed by atoms with van der Waals surface area (Å²) in [5.74, 6) is -0.604. The number of amides is 2. The molecule has 4 nitrogen and oxygen atoms in total. The van der Waals surface area contributed by atoms with E-state index in [-0.39, 0.29) is 11.8 Å². The highest BCUT2D eigenvalue weighted by atomic mass is 16.2. The highest BCUT2D eigenvalue weighted by molar-refractivity contribution is 6.00. The highest BCUT2D eigenvalue weighted by Crippen LogP contribution is 2.18. The lowest BCUT2D eigenvalue weighted by Crippen LogP contribution is -2.42. The summed E-state index contributed by atoms with van der Waals surface area (Å²) in [6.45, 7) is 8.30. The number of rotatable bonds is 54. The Labute approximate surface area is 391 Å². The molecule has 0 rings (SSSR count). The van der Waals surface area contributed by atoms with Gasteiger partial charge in [0.1, 0.15) is 5.92 Å². The molecule has 0 aromatic rings. The molecule has 0 heterocycles. The Kier molecular flexibility index (Phi) is 53.3. The molecule has 0 spiro atoms. The van der Waals surface area contributed by atoms with E-state index in [0.717, 1.165) is 25.7 Å². The van der Waals surface area contributed by atoms with Crippen molar-refractivity contribution in [1.29, 1.82) is 0 Å². The second-order valence-corrected chi connectivity index (χ2v) is 20.2. The molecule has 0 bridgehead atoms. The van der Waals surface area contributed by atoms with E-state index >= 15 is 0 Å². The van der Waals surface area contributed by atoms with Gasteiger partial charge in [0, 0.05) is 13.1 Å². The maximum Gasteiger partial charge on any atom is 0.232 e. The Morgan fingerprint density at radius 1 is 0.242 bits per heavy atom. The van der Waals surface area contributed by atoms with E-state index in [9.17, 15) is 9.59 Å². The molecule has 0 aliphatic carbocycles. The van der Waals surface area contributed by atoms with Crippen molar-refractivity contribution in [3.05, 3.63) is 0 Å². The van der Waals surface area contributed by atoms with Gasteiger partial charge in [-0.25, -0.2) is 0 Å². The molecule has 0 saturated heterocycles. The summed E-state index contributed by atoms with van der Waals surface area (Å²) >= 11 is 0. The molecule has 2 amide bonds. The third-order valence-electron chi connectivity index (χ3n) is 13.9. The Hall–Kier alpha value is -1.06. The molecule has 0 fully saturated rings. The van der Waals surface area contributed by atoms with Crippen molar-refractivity contribution in [2.24, 2.45) is 5.92 Å². The fourth-order valence-electron chi connectivity index (χ4n) is 9.47. The zero-order valence-electron chi connectivity index (χ0n) is 43.2. The average molecular weight is 874 g/mol. The fraction of sp³-hybridized carbons (Fsp3) is 0.966. The normalized spacial score (nSPS) is 11.5. The SMILES string of the molecule is CCCCCCCCCCCCCCCCCCCC(C(=O)NCCCCCCCCCCCCCCCCCC)C(=O)NCCCCCCCCCCCCCCCCCC. The van der Waals surface area contributed by atoms with Gasteiger partial charge in [-0.1, -0.05) is 323 Å². The number of hydrogen-bond donors (Lipinski definition) is 2. The van der Waals surface area contributed by atoms with E-state index in [2.05, 4.69) is 31.4 Å². The molecule has 0 atom stereocenters. The van der Waals surface area contributed by atoms with E-state index in [1.54, 1.807) is 0 Å².